The van der Waals surface area contributed by atoms with Crippen LogP contribution in [0.1, 0.15) is 20.1 Å². The molecule has 0 unspecified atom stereocenters. The van der Waals surface area contributed by atoms with Crippen molar-refractivity contribution in [2.75, 3.05) is 12.4 Å². The number of hydrogen-bond donors (Lipinski definition) is 2. The Morgan fingerprint density at radius 2 is 1.85 bits per heavy atom. The normalized spacial score (nSPS) is 10.3. The van der Waals surface area contributed by atoms with Gasteiger partial charge in [-0.05, 0) is 30.3 Å². The van der Waals surface area contributed by atoms with E-state index in [1.165, 1.54) is 18.4 Å². The second-order valence-corrected chi connectivity index (χ2v) is 7.22. The van der Waals surface area contributed by atoms with E-state index in [-0.39, 0.29) is 11.8 Å². The summed E-state index contributed by atoms with van der Waals surface area (Å²) < 4.78 is 5.20. The van der Waals surface area contributed by atoms with Crippen molar-refractivity contribution in [2.24, 2.45) is 0 Å². The molecule has 3 rings (SSSR count). The number of carbonyl (C=O) groups is 2. The molecule has 0 fully saturated rings. The van der Waals surface area contributed by atoms with Crippen LogP contribution in [-0.4, -0.2) is 18.9 Å². The summed E-state index contributed by atoms with van der Waals surface area (Å²) in [7, 11) is 1.52. The highest BCUT2D eigenvalue weighted by molar-refractivity contribution is 7.14. The number of thiophene rings is 1. The molecule has 1 heterocycles. The lowest BCUT2D eigenvalue weighted by atomic mass is 10.1. The first-order valence-corrected chi connectivity index (χ1v) is 9.33. The van der Waals surface area contributed by atoms with Crippen LogP contribution in [0.4, 0.5) is 10.5 Å². The highest BCUT2D eigenvalue weighted by Crippen LogP contribution is 2.27. The van der Waals surface area contributed by atoms with Crippen LogP contribution in [0.25, 0.3) is 0 Å². The lowest BCUT2D eigenvalue weighted by Crippen LogP contribution is -2.28. The molecule has 0 saturated carbocycles. The SMILES string of the molecule is COc1ccc(Cl)cc1NC(=O)NCc1ccc(C(=O)c2ccccc2)s1. The molecule has 1 aromatic heterocycles. The molecular weight excluding hydrogens is 384 g/mol. The summed E-state index contributed by atoms with van der Waals surface area (Å²) in [6, 6.07) is 17.3. The van der Waals surface area contributed by atoms with E-state index < -0.39 is 0 Å². The number of urea groups is 1. The molecule has 0 spiro atoms. The summed E-state index contributed by atoms with van der Waals surface area (Å²) in [5.74, 6) is 0.487. The molecule has 2 N–H and O–H groups in total. The van der Waals surface area contributed by atoms with Gasteiger partial charge in [-0.15, -0.1) is 11.3 Å². The molecule has 0 aliphatic rings. The molecule has 0 saturated heterocycles. The molecule has 2 amide bonds. The van der Waals surface area contributed by atoms with Gasteiger partial charge in [-0.2, -0.15) is 0 Å². The fourth-order valence-electron chi connectivity index (χ4n) is 2.44. The summed E-state index contributed by atoms with van der Waals surface area (Å²) >= 11 is 7.31. The predicted molar refractivity (Wildman–Crippen MR) is 108 cm³/mol. The number of nitrogens with one attached hydrogen (secondary N) is 2. The zero-order valence-corrected chi connectivity index (χ0v) is 16.1. The molecule has 7 heteroatoms. The first-order valence-electron chi connectivity index (χ1n) is 8.13. The zero-order chi connectivity index (χ0) is 19.2. The second-order valence-electron chi connectivity index (χ2n) is 5.61. The zero-order valence-electron chi connectivity index (χ0n) is 14.5. The first-order chi connectivity index (χ1) is 13.1. The average Bonchev–Trinajstić information content (AvgIpc) is 3.16. The Balaban J connectivity index is 1.59. The fourth-order valence-corrected chi connectivity index (χ4v) is 3.52. The minimum atomic E-state index is -0.389. The van der Waals surface area contributed by atoms with Gasteiger partial charge >= 0.3 is 6.03 Å². The summed E-state index contributed by atoms with van der Waals surface area (Å²) in [5.41, 5.74) is 1.12. The Bertz CT molecular complexity index is 957. The number of hydrogen-bond acceptors (Lipinski definition) is 4. The summed E-state index contributed by atoms with van der Waals surface area (Å²) in [6.07, 6.45) is 0. The number of amides is 2. The monoisotopic (exact) mass is 400 g/mol. The minimum Gasteiger partial charge on any atom is -0.495 e. The van der Waals surface area contributed by atoms with Gasteiger partial charge in [0.05, 0.1) is 24.2 Å². The van der Waals surface area contributed by atoms with Gasteiger partial charge in [0.1, 0.15) is 5.75 Å². The molecule has 0 radical (unpaired) electrons. The molecule has 27 heavy (non-hydrogen) atoms. The first kappa shape index (κ1) is 18.9. The van der Waals surface area contributed by atoms with Crippen LogP contribution in [0.15, 0.2) is 60.7 Å². The number of halogens is 1. The standard InChI is InChI=1S/C20H17ClN2O3S/c1-26-17-9-7-14(21)11-16(17)23-20(25)22-12-15-8-10-18(27-15)19(24)13-5-3-2-4-6-13/h2-11H,12H2,1H3,(H2,22,23,25). The van der Waals surface area contributed by atoms with Gasteiger partial charge in [-0.25, -0.2) is 4.79 Å². The molecule has 0 bridgehead atoms. The lowest BCUT2D eigenvalue weighted by Gasteiger charge is -2.11. The second kappa shape index (κ2) is 8.70. The van der Waals surface area contributed by atoms with Gasteiger partial charge < -0.3 is 15.4 Å². The number of rotatable bonds is 6. The summed E-state index contributed by atoms with van der Waals surface area (Å²) in [6.45, 7) is 0.307. The van der Waals surface area contributed by atoms with E-state index in [0.29, 0.717) is 33.4 Å². The lowest BCUT2D eigenvalue weighted by molar-refractivity contribution is 0.104. The van der Waals surface area contributed by atoms with Crippen LogP contribution >= 0.6 is 22.9 Å². The maximum Gasteiger partial charge on any atom is 0.319 e. The van der Waals surface area contributed by atoms with E-state index in [1.54, 1.807) is 36.4 Å². The predicted octanol–water partition coefficient (Wildman–Crippen LogP) is 4.96. The molecule has 138 valence electrons. The van der Waals surface area contributed by atoms with Crippen LogP contribution in [-0.2, 0) is 6.54 Å². The van der Waals surface area contributed by atoms with Crippen molar-refractivity contribution in [2.45, 2.75) is 6.54 Å². The summed E-state index contributed by atoms with van der Waals surface area (Å²) in [5, 5.41) is 5.96. The molecule has 0 aliphatic carbocycles. The van der Waals surface area contributed by atoms with Crippen molar-refractivity contribution in [3.63, 3.8) is 0 Å². The smallest absolute Gasteiger partial charge is 0.319 e. The number of ketones is 1. The van der Waals surface area contributed by atoms with Crippen LogP contribution < -0.4 is 15.4 Å². The van der Waals surface area contributed by atoms with Crippen molar-refractivity contribution in [1.29, 1.82) is 0 Å². The van der Waals surface area contributed by atoms with E-state index in [1.807, 2.05) is 24.3 Å². The van der Waals surface area contributed by atoms with Crippen LogP contribution in [0.5, 0.6) is 5.75 Å². The third-order valence-corrected chi connectivity index (χ3v) is 5.07. The molecule has 5 nitrogen and oxygen atoms in total. The Morgan fingerprint density at radius 3 is 2.59 bits per heavy atom. The molecule has 2 aromatic carbocycles. The number of benzene rings is 2. The molecule has 0 atom stereocenters. The van der Waals surface area contributed by atoms with E-state index >= 15 is 0 Å². The highest BCUT2D eigenvalue weighted by Gasteiger charge is 2.12. The average molecular weight is 401 g/mol. The number of methoxy groups -OCH3 is 1. The molecule has 0 aliphatic heterocycles. The highest BCUT2D eigenvalue weighted by atomic mass is 35.5. The van der Waals surface area contributed by atoms with Gasteiger partial charge in [0, 0.05) is 15.5 Å². The topological polar surface area (TPSA) is 67.4 Å². The summed E-state index contributed by atoms with van der Waals surface area (Å²) in [4.78, 5) is 26.1. The Labute approximate surface area is 165 Å². The molecular formula is C20H17ClN2O3S. The number of ether oxygens (including phenoxy) is 1. The Kier molecular flexibility index (Phi) is 6.11. The van der Waals surface area contributed by atoms with Crippen LogP contribution in [0.3, 0.4) is 0 Å². The van der Waals surface area contributed by atoms with E-state index in [0.717, 1.165) is 4.88 Å². The third kappa shape index (κ3) is 4.87. The van der Waals surface area contributed by atoms with Gasteiger partial charge in [-0.1, -0.05) is 41.9 Å². The van der Waals surface area contributed by atoms with Crippen LogP contribution in [0, 0.1) is 0 Å². The van der Waals surface area contributed by atoms with Crippen LogP contribution in [0.2, 0.25) is 5.02 Å². The van der Waals surface area contributed by atoms with Gasteiger partial charge in [-0.3, -0.25) is 4.79 Å². The quantitative estimate of drug-likeness (QED) is 0.574. The van der Waals surface area contributed by atoms with Crippen molar-refractivity contribution in [1.82, 2.24) is 5.32 Å². The molecule has 3 aromatic rings. The van der Waals surface area contributed by atoms with E-state index in [4.69, 9.17) is 16.3 Å². The fraction of sp³-hybridized carbons (Fsp3) is 0.100. The van der Waals surface area contributed by atoms with E-state index in [2.05, 4.69) is 10.6 Å². The minimum absolute atomic E-state index is 0.0278. The van der Waals surface area contributed by atoms with Gasteiger partial charge in [0.2, 0.25) is 5.78 Å². The Hall–Kier alpha value is -2.83. The van der Waals surface area contributed by atoms with Crippen molar-refractivity contribution >= 4 is 40.4 Å². The maximum absolute atomic E-state index is 12.4. The largest absolute Gasteiger partial charge is 0.495 e. The van der Waals surface area contributed by atoms with Crippen molar-refractivity contribution in [3.05, 3.63) is 81.0 Å². The third-order valence-electron chi connectivity index (χ3n) is 3.75. The van der Waals surface area contributed by atoms with Crippen molar-refractivity contribution < 1.29 is 14.3 Å². The van der Waals surface area contributed by atoms with E-state index in [9.17, 15) is 9.59 Å². The number of carbonyl (C=O) groups excluding carboxylic acids is 2. The van der Waals surface area contributed by atoms with Gasteiger partial charge in [0.25, 0.3) is 0 Å². The number of anilines is 1. The maximum atomic E-state index is 12.4. The van der Waals surface area contributed by atoms with Crippen molar-refractivity contribution in [3.8, 4) is 5.75 Å². The van der Waals surface area contributed by atoms with Gasteiger partial charge in [0.15, 0.2) is 0 Å². The Morgan fingerprint density at radius 1 is 1.07 bits per heavy atom.